The molecule has 0 saturated heterocycles. The van der Waals surface area contributed by atoms with Crippen LogP contribution in [-0.4, -0.2) is 15.7 Å². The van der Waals surface area contributed by atoms with E-state index in [2.05, 4.69) is 16.5 Å². The van der Waals surface area contributed by atoms with Gasteiger partial charge in [0, 0.05) is 19.2 Å². The van der Waals surface area contributed by atoms with Gasteiger partial charge in [-0.25, -0.2) is 4.68 Å². The molecule has 0 radical (unpaired) electrons. The Kier molecular flexibility index (Phi) is 2.88. The number of anilines is 1. The van der Waals surface area contributed by atoms with E-state index in [4.69, 9.17) is 5.26 Å². The molecule has 0 saturated carbocycles. The monoisotopic (exact) mass is 226 g/mol. The average molecular weight is 226 g/mol. The van der Waals surface area contributed by atoms with Crippen LogP contribution in [0.2, 0.25) is 0 Å². The lowest BCUT2D eigenvalue weighted by Crippen LogP contribution is -2.07. The molecule has 0 fully saturated rings. The van der Waals surface area contributed by atoms with Gasteiger partial charge in [0.05, 0.1) is 11.3 Å². The Bertz CT molecular complexity index is 595. The van der Waals surface area contributed by atoms with Crippen LogP contribution in [0.15, 0.2) is 36.5 Å². The fraction of sp³-hybridized carbons (Fsp3) is 0.0833. The van der Waals surface area contributed by atoms with E-state index in [-0.39, 0.29) is 5.91 Å². The van der Waals surface area contributed by atoms with Gasteiger partial charge in [-0.1, -0.05) is 12.1 Å². The summed E-state index contributed by atoms with van der Waals surface area (Å²) in [6.07, 6.45) is 1.70. The van der Waals surface area contributed by atoms with Crippen molar-refractivity contribution in [2.75, 3.05) is 5.32 Å². The van der Waals surface area contributed by atoms with Crippen molar-refractivity contribution in [2.24, 2.45) is 0 Å². The molecular weight excluding hydrogens is 216 g/mol. The van der Waals surface area contributed by atoms with Gasteiger partial charge in [-0.2, -0.15) is 10.4 Å². The van der Waals surface area contributed by atoms with Crippen molar-refractivity contribution in [1.82, 2.24) is 9.78 Å². The summed E-state index contributed by atoms with van der Waals surface area (Å²) in [5.74, 6) is 0.286. The zero-order valence-corrected chi connectivity index (χ0v) is 9.21. The van der Waals surface area contributed by atoms with E-state index < -0.39 is 0 Å². The number of nitrogens with one attached hydrogen (secondary N) is 1. The van der Waals surface area contributed by atoms with Gasteiger partial charge in [0.2, 0.25) is 5.91 Å². The van der Waals surface area contributed by atoms with E-state index in [1.54, 1.807) is 35.1 Å². The summed E-state index contributed by atoms with van der Waals surface area (Å²) in [6, 6.07) is 10.9. The highest BCUT2D eigenvalue weighted by molar-refractivity contribution is 5.87. The van der Waals surface area contributed by atoms with Crippen LogP contribution < -0.4 is 5.32 Å². The number of hydrogen-bond donors (Lipinski definition) is 1. The molecule has 1 aromatic carbocycles. The first-order chi connectivity index (χ1) is 8.20. The number of rotatable bonds is 2. The third-order valence-electron chi connectivity index (χ3n) is 2.16. The Labute approximate surface area is 98.3 Å². The zero-order valence-electron chi connectivity index (χ0n) is 9.21. The van der Waals surface area contributed by atoms with Crippen molar-refractivity contribution in [3.8, 4) is 11.8 Å². The number of nitrogens with zero attached hydrogens (tertiary/aromatic N) is 3. The molecular formula is C12H10N4O. The van der Waals surface area contributed by atoms with E-state index in [1.165, 1.54) is 6.92 Å². The third kappa shape index (κ3) is 2.32. The average Bonchev–Trinajstić information content (AvgIpc) is 2.76. The molecule has 5 nitrogen and oxygen atoms in total. The lowest BCUT2D eigenvalue weighted by atomic mass is 10.2. The fourth-order valence-electron chi connectivity index (χ4n) is 1.47. The van der Waals surface area contributed by atoms with E-state index in [9.17, 15) is 4.79 Å². The maximum atomic E-state index is 10.9. The van der Waals surface area contributed by atoms with Crippen molar-refractivity contribution in [3.63, 3.8) is 0 Å². The standard InChI is InChI=1S/C12H10N4O/c1-9(17)14-12-6-7-16(15-12)11-5-3-2-4-10(11)8-13/h2-7H,1H3,(H,14,15,17). The predicted molar refractivity (Wildman–Crippen MR) is 62.6 cm³/mol. The molecule has 0 spiro atoms. The van der Waals surface area contributed by atoms with Crippen LogP contribution in [0.5, 0.6) is 0 Å². The predicted octanol–water partition coefficient (Wildman–Crippen LogP) is 1.70. The summed E-state index contributed by atoms with van der Waals surface area (Å²) in [5, 5.41) is 15.7. The summed E-state index contributed by atoms with van der Waals surface area (Å²) in [5.41, 5.74) is 1.22. The molecule has 1 amide bonds. The van der Waals surface area contributed by atoms with E-state index in [0.717, 1.165) is 0 Å². The quantitative estimate of drug-likeness (QED) is 0.847. The summed E-state index contributed by atoms with van der Waals surface area (Å²) < 4.78 is 1.56. The fourth-order valence-corrected chi connectivity index (χ4v) is 1.47. The van der Waals surface area contributed by atoms with Crippen LogP contribution in [0.4, 0.5) is 5.82 Å². The molecule has 0 bridgehead atoms. The highest BCUT2D eigenvalue weighted by Crippen LogP contribution is 2.14. The Morgan fingerprint density at radius 1 is 1.41 bits per heavy atom. The molecule has 84 valence electrons. The van der Waals surface area contributed by atoms with E-state index in [1.807, 2.05) is 6.07 Å². The van der Waals surface area contributed by atoms with E-state index in [0.29, 0.717) is 17.1 Å². The van der Waals surface area contributed by atoms with Crippen LogP contribution in [0.3, 0.4) is 0 Å². The molecule has 2 rings (SSSR count). The second-order valence-electron chi connectivity index (χ2n) is 3.46. The number of benzene rings is 1. The first-order valence-corrected chi connectivity index (χ1v) is 5.03. The maximum Gasteiger partial charge on any atom is 0.222 e. The minimum Gasteiger partial charge on any atom is -0.309 e. The Morgan fingerprint density at radius 2 is 2.18 bits per heavy atom. The second kappa shape index (κ2) is 4.49. The first-order valence-electron chi connectivity index (χ1n) is 5.03. The Morgan fingerprint density at radius 3 is 2.88 bits per heavy atom. The van der Waals surface area contributed by atoms with Crippen molar-refractivity contribution in [3.05, 3.63) is 42.1 Å². The number of carbonyl (C=O) groups excluding carboxylic acids is 1. The number of carbonyl (C=O) groups is 1. The van der Waals surface area contributed by atoms with Crippen LogP contribution in [0.25, 0.3) is 5.69 Å². The minimum atomic E-state index is -0.177. The van der Waals surface area contributed by atoms with Gasteiger partial charge in [0.1, 0.15) is 6.07 Å². The first kappa shape index (κ1) is 10.9. The Hall–Kier alpha value is -2.61. The lowest BCUT2D eigenvalue weighted by molar-refractivity contribution is -0.114. The van der Waals surface area contributed by atoms with Crippen LogP contribution in [0, 0.1) is 11.3 Å². The summed E-state index contributed by atoms with van der Waals surface area (Å²) >= 11 is 0. The number of nitriles is 1. The molecule has 0 atom stereocenters. The number of hydrogen-bond acceptors (Lipinski definition) is 3. The van der Waals surface area contributed by atoms with Gasteiger partial charge in [0.15, 0.2) is 5.82 Å². The highest BCUT2D eigenvalue weighted by Gasteiger charge is 2.05. The molecule has 0 unspecified atom stereocenters. The molecule has 1 heterocycles. The Balaban J connectivity index is 2.37. The molecule has 0 aliphatic heterocycles. The summed E-state index contributed by atoms with van der Waals surface area (Å²) in [7, 11) is 0. The SMILES string of the molecule is CC(=O)Nc1ccn(-c2ccccc2C#N)n1. The van der Waals surface area contributed by atoms with Crippen LogP contribution in [0.1, 0.15) is 12.5 Å². The molecule has 0 aliphatic carbocycles. The summed E-state index contributed by atoms with van der Waals surface area (Å²) in [4.78, 5) is 10.9. The topological polar surface area (TPSA) is 70.7 Å². The zero-order chi connectivity index (χ0) is 12.3. The largest absolute Gasteiger partial charge is 0.309 e. The van der Waals surface area contributed by atoms with Crippen LogP contribution >= 0.6 is 0 Å². The number of aromatic nitrogens is 2. The number of para-hydroxylation sites is 1. The number of amides is 1. The van der Waals surface area contributed by atoms with Crippen molar-refractivity contribution in [2.45, 2.75) is 6.92 Å². The molecule has 1 N–H and O–H groups in total. The molecule has 2 aromatic rings. The lowest BCUT2D eigenvalue weighted by Gasteiger charge is -2.02. The van der Waals surface area contributed by atoms with Gasteiger partial charge < -0.3 is 5.32 Å². The molecule has 5 heteroatoms. The highest BCUT2D eigenvalue weighted by atomic mass is 16.1. The van der Waals surface area contributed by atoms with E-state index >= 15 is 0 Å². The van der Waals surface area contributed by atoms with Gasteiger partial charge in [-0.3, -0.25) is 4.79 Å². The van der Waals surface area contributed by atoms with Gasteiger partial charge in [-0.05, 0) is 12.1 Å². The molecule has 1 aromatic heterocycles. The molecule has 0 aliphatic rings. The smallest absolute Gasteiger partial charge is 0.222 e. The molecule has 17 heavy (non-hydrogen) atoms. The maximum absolute atomic E-state index is 10.9. The third-order valence-corrected chi connectivity index (χ3v) is 2.16. The van der Waals surface area contributed by atoms with Crippen molar-refractivity contribution in [1.29, 1.82) is 5.26 Å². The van der Waals surface area contributed by atoms with Crippen molar-refractivity contribution < 1.29 is 4.79 Å². The van der Waals surface area contributed by atoms with Gasteiger partial charge in [0.25, 0.3) is 0 Å². The minimum absolute atomic E-state index is 0.177. The van der Waals surface area contributed by atoms with Crippen molar-refractivity contribution >= 4 is 11.7 Å². The normalized spacial score (nSPS) is 9.65. The second-order valence-corrected chi connectivity index (χ2v) is 3.46. The van der Waals surface area contributed by atoms with Gasteiger partial charge >= 0.3 is 0 Å². The summed E-state index contributed by atoms with van der Waals surface area (Å²) in [6.45, 7) is 1.42. The van der Waals surface area contributed by atoms with Crippen LogP contribution in [-0.2, 0) is 4.79 Å². The van der Waals surface area contributed by atoms with Gasteiger partial charge in [-0.15, -0.1) is 0 Å².